The minimum Gasteiger partial charge on any atom is -0.310 e. The van der Waals surface area contributed by atoms with Crippen molar-refractivity contribution in [1.29, 1.82) is 5.26 Å². The van der Waals surface area contributed by atoms with Crippen molar-refractivity contribution in [2.75, 3.05) is 4.90 Å². The smallest absolute Gasteiger partial charge is 0.204 e. The number of hydrogen-bond donors (Lipinski definition) is 0. The zero-order valence-electron chi connectivity index (χ0n) is 29.6. The molecule has 0 saturated heterocycles. The third kappa shape index (κ3) is 5.15. The van der Waals surface area contributed by atoms with Crippen molar-refractivity contribution in [3.63, 3.8) is 0 Å². The molecule has 0 atom stereocenters. The van der Waals surface area contributed by atoms with Crippen LogP contribution in [0.4, 0.5) is 22.7 Å². The molecule has 8 aromatic carbocycles. The van der Waals surface area contributed by atoms with E-state index in [9.17, 15) is 5.26 Å². The van der Waals surface area contributed by atoms with Crippen molar-refractivity contribution in [2.24, 2.45) is 0 Å². The minimum absolute atomic E-state index is 0.347. The molecule has 0 N–H and O–H groups in total. The summed E-state index contributed by atoms with van der Waals surface area (Å²) in [5, 5.41) is 14.6. The molecule has 0 aliphatic heterocycles. The number of nitrogens with zero attached hydrogens (tertiary/aromatic N) is 5. The highest BCUT2D eigenvalue weighted by atomic mass is 15.1. The number of hydrogen-bond acceptors (Lipinski definition) is 2. The molecule has 0 radical (unpaired) electrons. The Labute approximate surface area is 318 Å². The first-order chi connectivity index (χ1) is 27.2. The van der Waals surface area contributed by atoms with Crippen LogP contribution >= 0.6 is 0 Å². The fourth-order valence-electron chi connectivity index (χ4n) is 8.16. The van der Waals surface area contributed by atoms with E-state index in [1.807, 2.05) is 24.3 Å². The minimum atomic E-state index is 0.347. The number of para-hydroxylation sites is 4. The van der Waals surface area contributed by atoms with Crippen LogP contribution in [-0.4, -0.2) is 9.13 Å². The van der Waals surface area contributed by atoms with E-state index >= 15 is 0 Å². The van der Waals surface area contributed by atoms with E-state index in [0.29, 0.717) is 11.3 Å². The van der Waals surface area contributed by atoms with Gasteiger partial charge >= 0.3 is 0 Å². The molecule has 10 aromatic rings. The van der Waals surface area contributed by atoms with Gasteiger partial charge in [0.15, 0.2) is 0 Å². The van der Waals surface area contributed by atoms with Gasteiger partial charge in [-0.05, 0) is 102 Å². The van der Waals surface area contributed by atoms with Gasteiger partial charge in [-0.3, -0.25) is 0 Å². The molecule has 0 bridgehead atoms. The Hall–Kier alpha value is -7.86. The number of rotatable bonds is 6. The molecule has 0 spiro atoms. The Morgan fingerprint density at radius 3 is 1.82 bits per heavy atom. The second-order valence-corrected chi connectivity index (χ2v) is 13.6. The fraction of sp³-hybridized carbons (Fsp3) is 0. The molecule has 0 fully saturated rings. The number of fused-ring (bicyclic) bond motifs is 6. The first-order valence-electron chi connectivity index (χ1n) is 18.2. The zero-order chi connectivity index (χ0) is 36.9. The maximum Gasteiger partial charge on any atom is 0.204 e. The molecule has 0 aliphatic rings. The summed E-state index contributed by atoms with van der Waals surface area (Å²) in [4.78, 5) is 5.90. The Morgan fingerprint density at radius 2 is 1.09 bits per heavy atom. The van der Waals surface area contributed by atoms with Gasteiger partial charge in [-0.15, -0.1) is 0 Å². The molecule has 55 heavy (non-hydrogen) atoms. The van der Waals surface area contributed by atoms with E-state index < -0.39 is 0 Å². The highest BCUT2D eigenvalue weighted by molar-refractivity contribution is 6.18. The standard InChI is InChI=1S/C50H31N5/c1-52-45-27-25-39(30-35(45)33-51)55-48-29-26-40(53(36-14-5-2-6-15-36)37-16-7-3-8-17-37)32-44(48)50-41(21-13-23-49(50)55)34-24-28-47-43(31-34)42-20-11-12-22-46(42)54(47)38-18-9-4-10-19-38/h2-32H. The molecule has 0 unspecified atom stereocenters. The Kier molecular flexibility index (Phi) is 7.51. The first-order valence-corrected chi connectivity index (χ1v) is 18.2. The van der Waals surface area contributed by atoms with Crippen LogP contribution in [0.2, 0.25) is 0 Å². The van der Waals surface area contributed by atoms with Gasteiger partial charge in [-0.1, -0.05) is 97.1 Å². The van der Waals surface area contributed by atoms with E-state index in [-0.39, 0.29) is 0 Å². The van der Waals surface area contributed by atoms with Gasteiger partial charge in [0.2, 0.25) is 5.69 Å². The average Bonchev–Trinajstić information content (AvgIpc) is 3.77. The molecular formula is C50H31N5. The lowest BCUT2D eigenvalue weighted by atomic mass is 9.97. The van der Waals surface area contributed by atoms with Crippen molar-refractivity contribution in [1.82, 2.24) is 9.13 Å². The van der Waals surface area contributed by atoms with Crippen molar-refractivity contribution >= 4 is 66.4 Å². The Bertz CT molecular complexity index is 3120. The molecular weight excluding hydrogens is 671 g/mol. The lowest BCUT2D eigenvalue weighted by Gasteiger charge is -2.25. The molecule has 2 heterocycles. The molecule has 5 heteroatoms. The maximum absolute atomic E-state index is 10.0. The van der Waals surface area contributed by atoms with Crippen LogP contribution in [0.5, 0.6) is 0 Å². The van der Waals surface area contributed by atoms with Gasteiger partial charge in [0, 0.05) is 50.0 Å². The van der Waals surface area contributed by atoms with Gasteiger partial charge in [0.1, 0.15) is 0 Å². The summed E-state index contributed by atoms with van der Waals surface area (Å²) >= 11 is 0. The van der Waals surface area contributed by atoms with Crippen molar-refractivity contribution in [3.8, 4) is 28.6 Å². The lowest BCUT2D eigenvalue weighted by Crippen LogP contribution is -2.09. The second-order valence-electron chi connectivity index (χ2n) is 13.6. The van der Waals surface area contributed by atoms with E-state index in [0.717, 1.165) is 66.9 Å². The molecule has 256 valence electrons. The van der Waals surface area contributed by atoms with Gasteiger partial charge < -0.3 is 14.0 Å². The third-order valence-corrected chi connectivity index (χ3v) is 10.5. The van der Waals surface area contributed by atoms with Crippen LogP contribution in [0, 0.1) is 17.9 Å². The lowest BCUT2D eigenvalue weighted by molar-refractivity contribution is 1.18. The maximum atomic E-state index is 10.0. The topological polar surface area (TPSA) is 41.2 Å². The van der Waals surface area contributed by atoms with Crippen LogP contribution in [0.1, 0.15) is 5.56 Å². The SMILES string of the molecule is [C-]#[N+]c1ccc(-n2c3ccc(N(c4ccccc4)c4ccccc4)cc3c3c(-c4ccc5c(c4)c4ccccc4n5-c4ccccc4)cccc32)cc1C#N. The predicted molar refractivity (Wildman–Crippen MR) is 226 cm³/mol. The third-order valence-electron chi connectivity index (χ3n) is 10.5. The summed E-state index contributed by atoms with van der Waals surface area (Å²) in [5.41, 5.74) is 12.4. The summed E-state index contributed by atoms with van der Waals surface area (Å²) in [5.74, 6) is 0. The number of benzene rings is 8. The normalized spacial score (nSPS) is 11.2. The van der Waals surface area contributed by atoms with Crippen molar-refractivity contribution in [2.45, 2.75) is 0 Å². The van der Waals surface area contributed by atoms with Crippen LogP contribution in [0.25, 0.3) is 71.0 Å². The monoisotopic (exact) mass is 701 g/mol. The quantitative estimate of drug-likeness (QED) is 0.162. The highest BCUT2D eigenvalue weighted by Gasteiger charge is 2.21. The van der Waals surface area contributed by atoms with E-state index in [2.05, 4.69) is 183 Å². The Morgan fingerprint density at radius 1 is 0.473 bits per heavy atom. The fourth-order valence-corrected chi connectivity index (χ4v) is 8.16. The molecule has 0 aliphatic carbocycles. The van der Waals surface area contributed by atoms with Crippen molar-refractivity contribution in [3.05, 3.63) is 205 Å². The van der Waals surface area contributed by atoms with Gasteiger partial charge in [0.05, 0.1) is 40.3 Å². The summed E-state index contributed by atoms with van der Waals surface area (Å²) in [6.45, 7) is 7.64. The first kappa shape index (κ1) is 31.8. The van der Waals surface area contributed by atoms with Crippen LogP contribution in [-0.2, 0) is 0 Å². The average molecular weight is 702 g/mol. The van der Waals surface area contributed by atoms with Gasteiger partial charge in [-0.25, -0.2) is 4.85 Å². The molecule has 0 amide bonds. The summed E-state index contributed by atoms with van der Waals surface area (Å²) in [6, 6.07) is 67.7. The summed E-state index contributed by atoms with van der Waals surface area (Å²) in [6.07, 6.45) is 0. The van der Waals surface area contributed by atoms with Gasteiger partial charge in [0.25, 0.3) is 0 Å². The number of anilines is 3. The van der Waals surface area contributed by atoms with E-state index in [1.54, 1.807) is 6.07 Å². The molecule has 10 rings (SSSR count). The summed E-state index contributed by atoms with van der Waals surface area (Å²) < 4.78 is 4.57. The van der Waals surface area contributed by atoms with Crippen molar-refractivity contribution < 1.29 is 0 Å². The van der Waals surface area contributed by atoms with Gasteiger partial charge in [-0.2, -0.15) is 5.26 Å². The summed E-state index contributed by atoms with van der Waals surface area (Å²) in [7, 11) is 0. The largest absolute Gasteiger partial charge is 0.310 e. The number of nitriles is 1. The molecule has 2 aromatic heterocycles. The Balaban J connectivity index is 1.27. The highest BCUT2D eigenvalue weighted by Crippen LogP contribution is 2.44. The van der Waals surface area contributed by atoms with Crippen LogP contribution in [0.15, 0.2) is 188 Å². The number of aromatic nitrogens is 2. The zero-order valence-corrected chi connectivity index (χ0v) is 29.6. The van der Waals surface area contributed by atoms with E-state index in [1.165, 1.54) is 16.3 Å². The molecule has 5 nitrogen and oxygen atoms in total. The van der Waals surface area contributed by atoms with Crippen LogP contribution in [0.3, 0.4) is 0 Å². The predicted octanol–water partition coefficient (Wildman–Crippen LogP) is 13.4. The molecule has 0 saturated carbocycles. The van der Waals surface area contributed by atoms with E-state index in [4.69, 9.17) is 6.57 Å². The van der Waals surface area contributed by atoms with Crippen LogP contribution < -0.4 is 4.90 Å². The second kappa shape index (κ2) is 13.0.